The van der Waals surface area contributed by atoms with Gasteiger partial charge < -0.3 is 29.2 Å². The Bertz CT molecular complexity index is 1700. The maximum Gasteiger partial charge on any atom is 0.238 e. The van der Waals surface area contributed by atoms with E-state index in [0.29, 0.717) is 45.7 Å². The molecule has 2 aromatic carbocycles. The highest BCUT2D eigenvalue weighted by atomic mass is 19.1. The van der Waals surface area contributed by atoms with E-state index in [0.717, 1.165) is 31.6 Å². The summed E-state index contributed by atoms with van der Waals surface area (Å²) < 4.78 is 39.8. The summed E-state index contributed by atoms with van der Waals surface area (Å²) in [4.78, 5) is 15.1. The standard InChI is InChI=1S/C30H30FN7O4/c1-37-11-7-20(8-12-37)41-27-16-22-25(17-26(27)39-2)33-18-34-30(22)35-24-5-4-21(15-23(24)31)42-28-9-13-38(36-28)19-6-10-32-29(14-19)40-3/h4-6,9-10,13-18,20H,7-8,11-12H2,1-3H3,(H,33,34,35). The Labute approximate surface area is 241 Å². The minimum absolute atomic E-state index is 0.0810. The lowest BCUT2D eigenvalue weighted by Gasteiger charge is -2.29. The minimum atomic E-state index is -0.520. The fourth-order valence-electron chi connectivity index (χ4n) is 4.77. The Morgan fingerprint density at radius 2 is 1.76 bits per heavy atom. The summed E-state index contributed by atoms with van der Waals surface area (Å²) in [5, 5.41) is 8.18. The zero-order valence-corrected chi connectivity index (χ0v) is 23.5. The van der Waals surface area contributed by atoms with Crippen LogP contribution in [0.15, 0.2) is 67.3 Å². The molecule has 1 aliphatic rings. The highest BCUT2D eigenvalue weighted by Gasteiger charge is 2.21. The molecule has 5 aromatic rings. The predicted molar refractivity (Wildman–Crippen MR) is 155 cm³/mol. The molecule has 0 unspecified atom stereocenters. The number of hydrogen-bond acceptors (Lipinski definition) is 10. The molecule has 1 saturated heterocycles. The average molecular weight is 572 g/mol. The fraction of sp³-hybridized carbons (Fsp3) is 0.267. The molecular weight excluding hydrogens is 541 g/mol. The Balaban J connectivity index is 1.20. The highest BCUT2D eigenvalue weighted by Crippen LogP contribution is 2.37. The van der Waals surface area contributed by atoms with Crippen molar-refractivity contribution in [3.05, 3.63) is 73.1 Å². The van der Waals surface area contributed by atoms with Gasteiger partial charge in [0.05, 0.1) is 31.1 Å². The zero-order chi connectivity index (χ0) is 29.1. The quantitative estimate of drug-likeness (QED) is 0.248. The van der Waals surface area contributed by atoms with Crippen molar-refractivity contribution in [3.8, 4) is 34.7 Å². The Morgan fingerprint density at radius 1 is 0.905 bits per heavy atom. The van der Waals surface area contributed by atoms with Gasteiger partial charge in [0.1, 0.15) is 29.8 Å². The summed E-state index contributed by atoms with van der Waals surface area (Å²) in [6.45, 7) is 1.94. The van der Waals surface area contributed by atoms with Gasteiger partial charge >= 0.3 is 0 Å². The Kier molecular flexibility index (Phi) is 7.69. The lowest BCUT2D eigenvalue weighted by Crippen LogP contribution is -2.35. The molecule has 11 nitrogen and oxygen atoms in total. The second kappa shape index (κ2) is 11.9. The van der Waals surface area contributed by atoms with Gasteiger partial charge in [0, 0.05) is 55.1 Å². The van der Waals surface area contributed by atoms with Crippen LogP contribution in [0.25, 0.3) is 16.6 Å². The SMILES string of the molecule is COc1cc(-n2ccc(Oc3ccc(Nc4ncnc5cc(OC)c(OC6CCN(C)CC6)cc45)c(F)c3)n2)ccn1. The third-order valence-electron chi connectivity index (χ3n) is 7.05. The largest absolute Gasteiger partial charge is 0.493 e. The summed E-state index contributed by atoms with van der Waals surface area (Å²) in [7, 11) is 5.25. The molecule has 0 bridgehead atoms. The van der Waals surface area contributed by atoms with E-state index < -0.39 is 5.82 Å². The second-order valence-electron chi connectivity index (χ2n) is 9.89. The molecule has 6 rings (SSSR count). The summed E-state index contributed by atoms with van der Waals surface area (Å²) in [6, 6.07) is 13.4. The average Bonchev–Trinajstić information content (AvgIpc) is 3.48. The van der Waals surface area contributed by atoms with Crippen LogP contribution >= 0.6 is 0 Å². The molecule has 0 saturated carbocycles. The number of pyridine rings is 1. The number of nitrogens with one attached hydrogen (secondary N) is 1. The lowest BCUT2D eigenvalue weighted by atomic mass is 10.1. The molecule has 42 heavy (non-hydrogen) atoms. The van der Waals surface area contributed by atoms with Crippen LogP contribution in [0.3, 0.4) is 0 Å². The molecular formula is C30H30FN7O4. The van der Waals surface area contributed by atoms with Gasteiger partial charge in [-0.3, -0.25) is 0 Å². The number of hydrogen-bond donors (Lipinski definition) is 1. The molecule has 0 atom stereocenters. The first kappa shape index (κ1) is 27.2. The van der Waals surface area contributed by atoms with Crippen LogP contribution in [0.4, 0.5) is 15.9 Å². The zero-order valence-electron chi connectivity index (χ0n) is 23.5. The number of ether oxygens (including phenoxy) is 4. The van der Waals surface area contributed by atoms with Gasteiger partial charge in [0.2, 0.25) is 11.8 Å². The van der Waals surface area contributed by atoms with Gasteiger partial charge in [-0.05, 0) is 44.2 Å². The van der Waals surface area contributed by atoms with Crippen molar-refractivity contribution < 1.29 is 23.3 Å². The van der Waals surface area contributed by atoms with Crippen LogP contribution < -0.4 is 24.3 Å². The summed E-state index contributed by atoms with van der Waals surface area (Å²) >= 11 is 0. The number of piperidine rings is 1. The van der Waals surface area contributed by atoms with Crippen molar-refractivity contribution >= 4 is 22.4 Å². The predicted octanol–water partition coefficient (Wildman–Crippen LogP) is 5.38. The van der Waals surface area contributed by atoms with E-state index in [4.69, 9.17) is 18.9 Å². The van der Waals surface area contributed by atoms with Crippen LogP contribution in [0.2, 0.25) is 0 Å². The molecule has 12 heteroatoms. The first-order chi connectivity index (χ1) is 20.5. The van der Waals surface area contributed by atoms with Crippen LogP contribution in [-0.4, -0.2) is 70.1 Å². The van der Waals surface area contributed by atoms with Gasteiger partial charge in [0.15, 0.2) is 11.5 Å². The van der Waals surface area contributed by atoms with Crippen molar-refractivity contribution in [1.82, 2.24) is 29.6 Å². The third kappa shape index (κ3) is 5.88. The number of halogens is 1. The van der Waals surface area contributed by atoms with Crippen LogP contribution in [0.1, 0.15) is 12.8 Å². The normalized spacial score (nSPS) is 14.1. The van der Waals surface area contributed by atoms with E-state index in [9.17, 15) is 0 Å². The van der Waals surface area contributed by atoms with Crippen molar-refractivity contribution in [1.29, 1.82) is 0 Å². The maximum absolute atomic E-state index is 15.2. The van der Waals surface area contributed by atoms with Crippen molar-refractivity contribution in [2.45, 2.75) is 18.9 Å². The van der Waals surface area contributed by atoms with E-state index >= 15 is 4.39 Å². The molecule has 1 N–H and O–H groups in total. The maximum atomic E-state index is 15.2. The second-order valence-corrected chi connectivity index (χ2v) is 9.89. The van der Waals surface area contributed by atoms with Gasteiger partial charge in [-0.25, -0.2) is 24.0 Å². The van der Waals surface area contributed by atoms with Gasteiger partial charge in [0.25, 0.3) is 0 Å². The molecule has 4 heterocycles. The van der Waals surface area contributed by atoms with E-state index in [1.54, 1.807) is 67.7 Å². The van der Waals surface area contributed by atoms with E-state index in [-0.39, 0.29) is 11.8 Å². The van der Waals surface area contributed by atoms with Gasteiger partial charge in [-0.2, -0.15) is 0 Å². The third-order valence-corrected chi connectivity index (χ3v) is 7.05. The molecule has 0 aliphatic carbocycles. The van der Waals surface area contributed by atoms with Crippen LogP contribution in [0.5, 0.6) is 29.0 Å². The number of nitrogens with zero attached hydrogens (tertiary/aromatic N) is 6. The first-order valence-electron chi connectivity index (χ1n) is 13.5. The molecule has 0 spiro atoms. The number of aromatic nitrogens is 5. The van der Waals surface area contributed by atoms with Crippen molar-refractivity contribution in [3.63, 3.8) is 0 Å². The van der Waals surface area contributed by atoms with Crippen molar-refractivity contribution in [2.75, 3.05) is 39.7 Å². The molecule has 216 valence electrons. The lowest BCUT2D eigenvalue weighted by molar-refractivity contribution is 0.111. The molecule has 3 aromatic heterocycles. The number of likely N-dealkylation sites (tertiary alicyclic amines) is 1. The summed E-state index contributed by atoms with van der Waals surface area (Å²) in [5.74, 6) is 2.17. The van der Waals surface area contributed by atoms with E-state index in [1.165, 1.54) is 12.4 Å². The number of rotatable bonds is 9. The number of benzene rings is 2. The molecule has 1 aliphatic heterocycles. The number of methoxy groups -OCH3 is 2. The van der Waals surface area contributed by atoms with Crippen LogP contribution in [0, 0.1) is 5.82 Å². The minimum Gasteiger partial charge on any atom is -0.493 e. The smallest absolute Gasteiger partial charge is 0.238 e. The highest BCUT2D eigenvalue weighted by molar-refractivity contribution is 5.93. The molecule has 0 radical (unpaired) electrons. The molecule has 0 amide bonds. The van der Waals surface area contributed by atoms with E-state index in [1.807, 2.05) is 6.07 Å². The monoisotopic (exact) mass is 571 g/mol. The van der Waals surface area contributed by atoms with Crippen LogP contribution in [-0.2, 0) is 0 Å². The topological polar surface area (TPSA) is 109 Å². The Hall–Kier alpha value is -4.97. The van der Waals surface area contributed by atoms with Crippen molar-refractivity contribution in [2.24, 2.45) is 0 Å². The fourth-order valence-corrected chi connectivity index (χ4v) is 4.77. The molecule has 1 fully saturated rings. The van der Waals surface area contributed by atoms with Gasteiger partial charge in [-0.15, -0.1) is 5.10 Å². The van der Waals surface area contributed by atoms with E-state index in [2.05, 4.69) is 37.3 Å². The summed E-state index contributed by atoms with van der Waals surface area (Å²) in [6.07, 6.45) is 6.71. The number of fused-ring (bicyclic) bond motifs is 1. The summed E-state index contributed by atoms with van der Waals surface area (Å²) in [5.41, 5.74) is 1.62. The first-order valence-corrected chi connectivity index (χ1v) is 13.5. The Morgan fingerprint density at radius 3 is 2.55 bits per heavy atom. The van der Waals surface area contributed by atoms with Gasteiger partial charge in [-0.1, -0.05) is 0 Å². The number of anilines is 2.